The summed E-state index contributed by atoms with van der Waals surface area (Å²) >= 11 is 0. The average Bonchev–Trinajstić information content (AvgIpc) is 2.87. The van der Waals surface area contributed by atoms with Crippen LogP contribution in [0.15, 0.2) is 18.2 Å². The van der Waals surface area contributed by atoms with Gasteiger partial charge >= 0.3 is 0 Å². The van der Waals surface area contributed by atoms with Crippen LogP contribution in [-0.4, -0.2) is 17.1 Å². The van der Waals surface area contributed by atoms with Gasteiger partial charge in [-0.3, -0.25) is 0 Å². The molecule has 3 rings (SSSR count). The molecule has 19 heavy (non-hydrogen) atoms. The van der Waals surface area contributed by atoms with Gasteiger partial charge in [0, 0.05) is 16.8 Å². The lowest BCUT2D eigenvalue weighted by atomic mass is 10.1. The third-order valence-electron chi connectivity index (χ3n) is 3.38. The Balaban J connectivity index is 2.07. The number of nitrogens with zero attached hydrogens (tertiary/aromatic N) is 2. The number of aromatic nitrogens is 2. The molecule has 0 saturated carbocycles. The van der Waals surface area contributed by atoms with Crippen LogP contribution in [0.2, 0.25) is 0 Å². The van der Waals surface area contributed by atoms with Crippen LogP contribution in [0.1, 0.15) is 17.7 Å². The molecular weight excluding hydrogens is 245 g/mol. The number of fused-ring (bicyclic) bond motifs is 1. The van der Waals surface area contributed by atoms with E-state index in [0.29, 0.717) is 17.2 Å². The maximum absolute atomic E-state index is 13.7. The molecule has 4 nitrogen and oxygen atoms in total. The lowest BCUT2D eigenvalue weighted by Gasteiger charge is -2.08. The minimum Gasteiger partial charge on any atom is -0.494 e. The van der Waals surface area contributed by atoms with Gasteiger partial charge < -0.3 is 10.5 Å². The van der Waals surface area contributed by atoms with E-state index in [1.165, 1.54) is 13.2 Å². The summed E-state index contributed by atoms with van der Waals surface area (Å²) in [6.45, 7) is 0. The van der Waals surface area contributed by atoms with Crippen molar-refractivity contribution in [2.24, 2.45) is 0 Å². The number of benzene rings is 1. The zero-order chi connectivity index (χ0) is 13.4. The number of anilines is 1. The number of halogens is 1. The predicted molar refractivity (Wildman–Crippen MR) is 70.4 cm³/mol. The fraction of sp³-hybridized carbons (Fsp3) is 0.286. The summed E-state index contributed by atoms with van der Waals surface area (Å²) < 4.78 is 18.6. The zero-order valence-corrected chi connectivity index (χ0v) is 10.6. The van der Waals surface area contributed by atoms with Crippen LogP contribution in [-0.2, 0) is 12.8 Å². The van der Waals surface area contributed by atoms with Gasteiger partial charge in [-0.1, -0.05) is 0 Å². The van der Waals surface area contributed by atoms with Gasteiger partial charge in [0.25, 0.3) is 0 Å². The van der Waals surface area contributed by atoms with Crippen molar-refractivity contribution in [1.29, 1.82) is 0 Å². The van der Waals surface area contributed by atoms with Crippen molar-refractivity contribution in [2.75, 3.05) is 12.8 Å². The highest BCUT2D eigenvalue weighted by molar-refractivity contribution is 5.60. The molecule has 0 radical (unpaired) electrons. The second kappa shape index (κ2) is 4.50. The number of nitrogens with two attached hydrogens (primary N) is 1. The normalized spacial score (nSPS) is 13.4. The van der Waals surface area contributed by atoms with Crippen molar-refractivity contribution >= 4 is 5.82 Å². The first-order chi connectivity index (χ1) is 9.19. The summed E-state index contributed by atoms with van der Waals surface area (Å²) in [4.78, 5) is 8.75. The summed E-state index contributed by atoms with van der Waals surface area (Å²) in [6.07, 6.45) is 2.89. The van der Waals surface area contributed by atoms with Crippen LogP contribution in [0.3, 0.4) is 0 Å². The number of hydrogen-bond acceptors (Lipinski definition) is 4. The first kappa shape index (κ1) is 11.9. The van der Waals surface area contributed by atoms with Gasteiger partial charge in [-0.25, -0.2) is 14.4 Å². The van der Waals surface area contributed by atoms with E-state index < -0.39 is 5.82 Å². The summed E-state index contributed by atoms with van der Waals surface area (Å²) in [7, 11) is 1.43. The van der Waals surface area contributed by atoms with Gasteiger partial charge in [0.1, 0.15) is 5.82 Å². The molecule has 0 unspecified atom stereocenters. The van der Waals surface area contributed by atoms with Crippen LogP contribution in [0.25, 0.3) is 11.4 Å². The van der Waals surface area contributed by atoms with Crippen molar-refractivity contribution in [1.82, 2.24) is 9.97 Å². The molecule has 2 N–H and O–H groups in total. The van der Waals surface area contributed by atoms with Gasteiger partial charge in [-0.05, 0) is 37.5 Å². The van der Waals surface area contributed by atoms with Crippen molar-refractivity contribution < 1.29 is 9.13 Å². The van der Waals surface area contributed by atoms with E-state index in [4.69, 9.17) is 10.5 Å². The van der Waals surface area contributed by atoms with Crippen molar-refractivity contribution in [3.63, 3.8) is 0 Å². The topological polar surface area (TPSA) is 61.0 Å². The summed E-state index contributed by atoms with van der Waals surface area (Å²) in [6, 6.07) is 4.67. The van der Waals surface area contributed by atoms with Gasteiger partial charge in [0.2, 0.25) is 0 Å². The molecular formula is C14H14FN3O. The van der Waals surface area contributed by atoms with Gasteiger partial charge in [-0.15, -0.1) is 0 Å². The fourth-order valence-electron chi connectivity index (χ4n) is 2.40. The number of nitrogen functional groups attached to an aromatic ring is 1. The molecule has 0 bridgehead atoms. The van der Waals surface area contributed by atoms with E-state index in [9.17, 15) is 4.39 Å². The third kappa shape index (κ3) is 2.01. The van der Waals surface area contributed by atoms with Crippen LogP contribution >= 0.6 is 0 Å². The van der Waals surface area contributed by atoms with Crippen LogP contribution < -0.4 is 10.5 Å². The minimum atomic E-state index is -0.428. The van der Waals surface area contributed by atoms with Crippen molar-refractivity contribution in [2.45, 2.75) is 19.3 Å². The number of methoxy groups -OCH3 is 1. The van der Waals surface area contributed by atoms with E-state index in [-0.39, 0.29) is 5.75 Å². The lowest BCUT2D eigenvalue weighted by Crippen LogP contribution is -2.03. The Hall–Kier alpha value is -2.17. The highest BCUT2D eigenvalue weighted by atomic mass is 19.1. The molecule has 1 heterocycles. The van der Waals surface area contributed by atoms with Gasteiger partial charge in [0.15, 0.2) is 17.4 Å². The average molecular weight is 259 g/mol. The number of rotatable bonds is 2. The summed E-state index contributed by atoms with van der Waals surface area (Å²) in [5.74, 6) is 0.758. The first-order valence-electron chi connectivity index (χ1n) is 6.18. The van der Waals surface area contributed by atoms with Crippen LogP contribution in [0.5, 0.6) is 5.75 Å². The number of ether oxygens (including phenoxy) is 1. The monoisotopic (exact) mass is 259 g/mol. The largest absolute Gasteiger partial charge is 0.494 e. The molecule has 0 atom stereocenters. The molecule has 98 valence electrons. The molecule has 1 aromatic heterocycles. The van der Waals surface area contributed by atoms with E-state index in [0.717, 1.165) is 30.5 Å². The molecule has 2 aromatic rings. The standard InChI is InChI=1S/C14H14FN3O/c1-19-12-6-5-8(7-10(12)15)14-17-11-4-2-3-9(11)13(16)18-14/h5-7H,2-4H2,1H3,(H2,16,17,18). The Labute approximate surface area is 110 Å². The van der Waals surface area contributed by atoms with Crippen LogP contribution in [0.4, 0.5) is 10.2 Å². The minimum absolute atomic E-state index is 0.206. The maximum atomic E-state index is 13.7. The molecule has 1 aliphatic rings. The molecule has 1 aliphatic carbocycles. The zero-order valence-electron chi connectivity index (χ0n) is 10.6. The van der Waals surface area contributed by atoms with Gasteiger partial charge in [0.05, 0.1) is 7.11 Å². The molecule has 0 saturated heterocycles. The van der Waals surface area contributed by atoms with Crippen molar-refractivity contribution in [3.05, 3.63) is 35.3 Å². The van der Waals surface area contributed by atoms with Crippen LogP contribution in [0, 0.1) is 5.82 Å². The molecule has 5 heteroatoms. The second-order valence-electron chi connectivity index (χ2n) is 4.56. The number of aryl methyl sites for hydroxylation is 1. The second-order valence-corrected chi connectivity index (χ2v) is 4.56. The predicted octanol–water partition coefficient (Wildman–Crippen LogP) is 2.36. The maximum Gasteiger partial charge on any atom is 0.165 e. The Morgan fingerprint density at radius 3 is 2.84 bits per heavy atom. The number of hydrogen-bond donors (Lipinski definition) is 1. The smallest absolute Gasteiger partial charge is 0.165 e. The first-order valence-corrected chi connectivity index (χ1v) is 6.18. The van der Waals surface area contributed by atoms with E-state index in [1.807, 2.05) is 0 Å². The van der Waals surface area contributed by atoms with Gasteiger partial charge in [-0.2, -0.15) is 0 Å². The molecule has 0 fully saturated rings. The Morgan fingerprint density at radius 2 is 2.11 bits per heavy atom. The highest BCUT2D eigenvalue weighted by Gasteiger charge is 2.18. The van der Waals surface area contributed by atoms with E-state index in [1.54, 1.807) is 12.1 Å². The Bertz CT molecular complexity index is 643. The highest BCUT2D eigenvalue weighted by Crippen LogP contribution is 2.29. The SMILES string of the molecule is COc1ccc(-c2nc(N)c3c(n2)CCC3)cc1F. The molecule has 0 amide bonds. The summed E-state index contributed by atoms with van der Waals surface area (Å²) in [5.41, 5.74) is 8.57. The van der Waals surface area contributed by atoms with E-state index in [2.05, 4.69) is 9.97 Å². The fourth-order valence-corrected chi connectivity index (χ4v) is 2.40. The Kier molecular flexibility index (Phi) is 2.81. The molecule has 1 aromatic carbocycles. The lowest BCUT2D eigenvalue weighted by molar-refractivity contribution is 0.386. The van der Waals surface area contributed by atoms with E-state index >= 15 is 0 Å². The van der Waals surface area contributed by atoms with Crippen molar-refractivity contribution in [3.8, 4) is 17.1 Å². The molecule has 0 aliphatic heterocycles. The molecule has 0 spiro atoms. The summed E-state index contributed by atoms with van der Waals surface area (Å²) in [5, 5.41) is 0. The Morgan fingerprint density at radius 1 is 1.26 bits per heavy atom. The quantitative estimate of drug-likeness (QED) is 0.899. The third-order valence-corrected chi connectivity index (χ3v) is 3.38.